The van der Waals surface area contributed by atoms with Crippen molar-refractivity contribution in [2.45, 2.75) is 13.5 Å². The second-order valence-electron chi connectivity index (χ2n) is 3.69. The molecule has 0 atom stereocenters. The van der Waals surface area contributed by atoms with Crippen LogP contribution < -0.4 is 0 Å². The van der Waals surface area contributed by atoms with Gasteiger partial charge in [-0.1, -0.05) is 18.2 Å². The van der Waals surface area contributed by atoms with E-state index in [9.17, 15) is 9.59 Å². The molecule has 1 aromatic rings. The number of amides is 1. The molecule has 0 fully saturated rings. The summed E-state index contributed by atoms with van der Waals surface area (Å²) >= 11 is 0. The van der Waals surface area contributed by atoms with Crippen LogP contribution in [0.3, 0.4) is 0 Å². The molecule has 4 heteroatoms. The van der Waals surface area contributed by atoms with Gasteiger partial charge in [0, 0.05) is 20.0 Å². The molecule has 0 spiro atoms. The number of carboxylic acids is 1. The summed E-state index contributed by atoms with van der Waals surface area (Å²) in [5.74, 6) is -1.03. The number of rotatable bonds is 5. The fourth-order valence-corrected chi connectivity index (χ4v) is 1.48. The molecule has 0 bridgehead atoms. The van der Waals surface area contributed by atoms with Crippen molar-refractivity contribution in [3.8, 4) is 0 Å². The fourth-order valence-electron chi connectivity index (χ4n) is 1.48. The van der Waals surface area contributed by atoms with Crippen LogP contribution in [0.4, 0.5) is 0 Å². The first-order chi connectivity index (χ1) is 8.04. The van der Waals surface area contributed by atoms with E-state index in [2.05, 4.69) is 6.58 Å². The van der Waals surface area contributed by atoms with Crippen LogP contribution in [0.2, 0.25) is 0 Å². The molecule has 0 unspecified atom stereocenters. The third kappa shape index (κ3) is 3.75. The van der Waals surface area contributed by atoms with E-state index in [1.54, 1.807) is 29.2 Å². The smallest absolute Gasteiger partial charge is 0.335 e. The molecule has 0 saturated heterocycles. The van der Waals surface area contributed by atoms with Crippen LogP contribution in [0.25, 0.3) is 0 Å². The van der Waals surface area contributed by atoms with Gasteiger partial charge in [0.1, 0.15) is 0 Å². The summed E-state index contributed by atoms with van der Waals surface area (Å²) in [5.41, 5.74) is 1.02. The average molecular weight is 233 g/mol. The predicted octanol–water partition coefficient (Wildman–Crippen LogP) is 1.92. The molecule has 0 aliphatic heterocycles. The molecule has 1 aromatic carbocycles. The van der Waals surface area contributed by atoms with E-state index < -0.39 is 5.97 Å². The van der Waals surface area contributed by atoms with Crippen LogP contribution in [0.15, 0.2) is 36.9 Å². The molecule has 1 amide bonds. The standard InChI is InChI=1S/C13H15NO3/c1-3-7-14(10(2)15)9-11-5-4-6-12(8-11)13(16)17/h3-6,8H,1,7,9H2,2H3,(H,16,17). The van der Waals surface area contributed by atoms with Gasteiger partial charge in [0.2, 0.25) is 5.91 Å². The van der Waals surface area contributed by atoms with Crippen LogP contribution in [-0.2, 0) is 11.3 Å². The van der Waals surface area contributed by atoms with E-state index in [4.69, 9.17) is 5.11 Å². The van der Waals surface area contributed by atoms with Crippen LogP contribution in [0.1, 0.15) is 22.8 Å². The number of benzene rings is 1. The zero-order valence-electron chi connectivity index (χ0n) is 9.72. The van der Waals surface area contributed by atoms with E-state index >= 15 is 0 Å². The molecule has 0 radical (unpaired) electrons. The lowest BCUT2D eigenvalue weighted by molar-refractivity contribution is -0.128. The minimum absolute atomic E-state index is 0.0642. The summed E-state index contributed by atoms with van der Waals surface area (Å²) in [6.07, 6.45) is 1.64. The summed E-state index contributed by atoms with van der Waals surface area (Å²) in [6.45, 7) is 5.90. The molecule has 0 aliphatic rings. The van der Waals surface area contributed by atoms with E-state index in [1.807, 2.05) is 0 Å². The van der Waals surface area contributed by atoms with Gasteiger partial charge in [0.15, 0.2) is 0 Å². The Labute approximate surface area is 100 Å². The lowest BCUT2D eigenvalue weighted by atomic mass is 10.1. The van der Waals surface area contributed by atoms with Gasteiger partial charge in [-0.15, -0.1) is 6.58 Å². The molecule has 1 rings (SSSR count). The van der Waals surface area contributed by atoms with Gasteiger partial charge in [-0.2, -0.15) is 0 Å². The molecular formula is C13H15NO3. The third-order valence-electron chi connectivity index (χ3n) is 2.34. The van der Waals surface area contributed by atoms with E-state index in [0.717, 1.165) is 5.56 Å². The highest BCUT2D eigenvalue weighted by molar-refractivity contribution is 5.87. The summed E-state index contributed by atoms with van der Waals surface area (Å²) < 4.78 is 0. The molecule has 0 aromatic heterocycles. The van der Waals surface area contributed by atoms with E-state index in [1.165, 1.54) is 13.0 Å². The van der Waals surface area contributed by atoms with Crippen molar-refractivity contribution in [1.82, 2.24) is 4.90 Å². The second-order valence-corrected chi connectivity index (χ2v) is 3.69. The number of carbonyl (C=O) groups excluding carboxylic acids is 1. The number of carboxylic acid groups (broad SMARTS) is 1. The Kier molecular flexibility index (Phi) is 4.46. The molecule has 17 heavy (non-hydrogen) atoms. The van der Waals surface area contributed by atoms with Gasteiger partial charge in [-0.25, -0.2) is 4.79 Å². The molecule has 0 aliphatic carbocycles. The van der Waals surface area contributed by atoms with Crippen LogP contribution in [-0.4, -0.2) is 28.4 Å². The van der Waals surface area contributed by atoms with Gasteiger partial charge < -0.3 is 10.0 Å². The SMILES string of the molecule is C=CCN(Cc1cccc(C(=O)O)c1)C(C)=O. The first-order valence-corrected chi connectivity index (χ1v) is 5.23. The van der Waals surface area contributed by atoms with Crippen LogP contribution in [0.5, 0.6) is 0 Å². The quantitative estimate of drug-likeness (QED) is 0.790. The largest absolute Gasteiger partial charge is 0.478 e. The van der Waals surface area contributed by atoms with E-state index in [-0.39, 0.29) is 11.5 Å². The second kappa shape index (κ2) is 5.84. The molecule has 90 valence electrons. The number of aromatic carboxylic acids is 1. The maximum atomic E-state index is 11.3. The maximum absolute atomic E-state index is 11.3. The van der Waals surface area contributed by atoms with Gasteiger partial charge in [-0.3, -0.25) is 4.79 Å². The van der Waals surface area contributed by atoms with Crippen molar-refractivity contribution < 1.29 is 14.7 Å². The van der Waals surface area contributed by atoms with Crippen molar-refractivity contribution in [3.63, 3.8) is 0 Å². The Morgan fingerprint density at radius 2 is 2.18 bits per heavy atom. The Morgan fingerprint density at radius 3 is 2.71 bits per heavy atom. The summed E-state index contributed by atoms with van der Waals surface area (Å²) in [6, 6.07) is 6.56. The first-order valence-electron chi connectivity index (χ1n) is 5.23. The summed E-state index contributed by atoms with van der Waals surface area (Å²) in [7, 11) is 0. The molecule has 0 heterocycles. The molecule has 4 nitrogen and oxygen atoms in total. The zero-order chi connectivity index (χ0) is 12.8. The van der Waals surface area contributed by atoms with Crippen molar-refractivity contribution in [1.29, 1.82) is 0 Å². The number of nitrogens with zero attached hydrogens (tertiary/aromatic N) is 1. The lowest BCUT2D eigenvalue weighted by Gasteiger charge is -2.19. The summed E-state index contributed by atoms with van der Waals surface area (Å²) in [4.78, 5) is 23.7. The third-order valence-corrected chi connectivity index (χ3v) is 2.34. The molecule has 0 saturated carbocycles. The Hall–Kier alpha value is -2.10. The van der Waals surface area contributed by atoms with Crippen LogP contribution >= 0.6 is 0 Å². The van der Waals surface area contributed by atoms with Crippen LogP contribution in [0, 0.1) is 0 Å². The molecular weight excluding hydrogens is 218 g/mol. The highest BCUT2D eigenvalue weighted by Crippen LogP contribution is 2.09. The van der Waals surface area contributed by atoms with Crippen molar-refractivity contribution in [3.05, 3.63) is 48.0 Å². The Balaban J connectivity index is 2.85. The molecule has 1 N–H and O–H groups in total. The van der Waals surface area contributed by atoms with Crippen molar-refractivity contribution >= 4 is 11.9 Å². The minimum Gasteiger partial charge on any atom is -0.478 e. The maximum Gasteiger partial charge on any atom is 0.335 e. The monoisotopic (exact) mass is 233 g/mol. The minimum atomic E-state index is -0.968. The van der Waals surface area contributed by atoms with Crippen molar-refractivity contribution in [2.75, 3.05) is 6.54 Å². The highest BCUT2D eigenvalue weighted by atomic mass is 16.4. The van der Waals surface area contributed by atoms with E-state index in [0.29, 0.717) is 13.1 Å². The lowest BCUT2D eigenvalue weighted by Crippen LogP contribution is -2.28. The predicted molar refractivity (Wildman–Crippen MR) is 64.7 cm³/mol. The van der Waals surface area contributed by atoms with Gasteiger partial charge in [-0.05, 0) is 17.7 Å². The normalized spacial score (nSPS) is 9.71. The summed E-state index contributed by atoms with van der Waals surface area (Å²) in [5, 5.41) is 8.86. The Morgan fingerprint density at radius 1 is 1.47 bits per heavy atom. The number of hydrogen-bond acceptors (Lipinski definition) is 2. The number of hydrogen-bond donors (Lipinski definition) is 1. The zero-order valence-corrected chi connectivity index (χ0v) is 9.72. The highest BCUT2D eigenvalue weighted by Gasteiger charge is 2.09. The van der Waals surface area contributed by atoms with Gasteiger partial charge >= 0.3 is 5.97 Å². The average Bonchev–Trinajstić information content (AvgIpc) is 2.28. The number of carbonyl (C=O) groups is 2. The Bertz CT molecular complexity index is 440. The van der Waals surface area contributed by atoms with Gasteiger partial charge in [0.05, 0.1) is 5.56 Å². The first kappa shape index (κ1) is 13.0. The fraction of sp³-hybridized carbons (Fsp3) is 0.231. The topological polar surface area (TPSA) is 57.6 Å². The van der Waals surface area contributed by atoms with Gasteiger partial charge in [0.25, 0.3) is 0 Å². The van der Waals surface area contributed by atoms with Crippen molar-refractivity contribution in [2.24, 2.45) is 0 Å².